The average Bonchev–Trinajstić information content (AvgIpc) is 2.18. The fourth-order valence-electron chi connectivity index (χ4n) is 2.41. The van der Waals surface area contributed by atoms with Gasteiger partial charge in [-0.25, -0.2) is 0 Å². The second-order valence-electron chi connectivity index (χ2n) is 4.41. The molecule has 2 rings (SSSR count). The third kappa shape index (κ3) is 3.06. The van der Waals surface area contributed by atoms with Crippen LogP contribution < -0.4 is 20.1 Å². The molecule has 2 atom stereocenters. The number of carbonyl (C=O) groups excluding carboxylic acids is 1. The van der Waals surface area contributed by atoms with Crippen LogP contribution in [0.2, 0.25) is 0 Å². The van der Waals surface area contributed by atoms with Crippen LogP contribution in [0.3, 0.4) is 0 Å². The van der Waals surface area contributed by atoms with Gasteiger partial charge in [-0.2, -0.15) is 0 Å². The van der Waals surface area contributed by atoms with Gasteiger partial charge in [0.05, 0.1) is 0 Å². The molecule has 1 amide bonds. The monoisotopic (exact) mass is 340 g/mol. The van der Waals surface area contributed by atoms with Crippen molar-refractivity contribution in [2.24, 2.45) is 11.7 Å². The zero-order chi connectivity index (χ0) is 11.4. The van der Waals surface area contributed by atoms with Crippen LogP contribution in [0.15, 0.2) is 0 Å². The van der Waals surface area contributed by atoms with E-state index in [1.807, 2.05) is 0 Å². The SMILES string of the molecule is NCCC1CCCCC1NC(=O)I1CNN1. The van der Waals surface area contributed by atoms with Crippen molar-refractivity contribution in [1.29, 1.82) is 0 Å². The van der Waals surface area contributed by atoms with E-state index >= 15 is 0 Å². The molecule has 0 bridgehead atoms. The van der Waals surface area contributed by atoms with Gasteiger partial charge < -0.3 is 0 Å². The van der Waals surface area contributed by atoms with Crippen LogP contribution in [0.4, 0.5) is 4.79 Å². The fraction of sp³-hybridized carbons (Fsp3) is 0.900. The number of alkyl halides is 1. The summed E-state index contributed by atoms with van der Waals surface area (Å²) in [6.45, 7) is 0.735. The van der Waals surface area contributed by atoms with E-state index < -0.39 is 20.1 Å². The first kappa shape index (κ1) is 12.5. The zero-order valence-corrected chi connectivity index (χ0v) is 11.6. The van der Waals surface area contributed by atoms with Crippen LogP contribution >= 0.6 is 20.1 Å². The molecule has 0 aromatic rings. The predicted octanol–water partition coefficient (Wildman–Crippen LogP) is 1.09. The van der Waals surface area contributed by atoms with E-state index in [4.69, 9.17) is 5.73 Å². The average molecular weight is 340 g/mol. The molecule has 0 spiro atoms. The molecule has 0 aromatic carbocycles. The quantitative estimate of drug-likeness (QED) is 0.203. The molecule has 2 unspecified atom stereocenters. The van der Waals surface area contributed by atoms with Crippen molar-refractivity contribution < 1.29 is 4.79 Å². The van der Waals surface area contributed by atoms with Crippen LogP contribution in [0.1, 0.15) is 32.1 Å². The molecule has 1 heterocycles. The number of amides is 1. The summed E-state index contributed by atoms with van der Waals surface area (Å²) in [4.78, 5) is 11.9. The molecule has 0 radical (unpaired) electrons. The van der Waals surface area contributed by atoms with Gasteiger partial charge in [0.25, 0.3) is 0 Å². The number of rotatable bonds is 4. The summed E-state index contributed by atoms with van der Waals surface area (Å²) in [6.07, 6.45) is 5.94. The molecule has 5 N–H and O–H groups in total. The first-order chi connectivity index (χ1) is 7.81. The van der Waals surface area contributed by atoms with Crippen LogP contribution in [-0.2, 0) is 0 Å². The van der Waals surface area contributed by atoms with Gasteiger partial charge >= 0.3 is 104 Å². The third-order valence-corrected chi connectivity index (χ3v) is 7.00. The van der Waals surface area contributed by atoms with Crippen molar-refractivity contribution in [3.8, 4) is 0 Å². The molecule has 16 heavy (non-hydrogen) atoms. The predicted molar refractivity (Wildman–Crippen MR) is 73.1 cm³/mol. The number of hydrazine groups is 1. The van der Waals surface area contributed by atoms with Gasteiger partial charge in [-0.1, -0.05) is 0 Å². The number of carbonyl (C=O) groups is 1. The van der Waals surface area contributed by atoms with E-state index in [-0.39, 0.29) is 3.91 Å². The standard InChI is InChI=1S/C10H21IN4O/c12-6-5-8-3-1-2-4-9(8)14-10(16)11-7-13-15-11/h8-9,13,15H,1-7,12H2,(H,14,16). The second kappa shape index (κ2) is 6.13. The van der Waals surface area contributed by atoms with Gasteiger partial charge in [0.1, 0.15) is 0 Å². The first-order valence-electron chi connectivity index (χ1n) is 5.96. The van der Waals surface area contributed by atoms with E-state index in [0.717, 1.165) is 23.9 Å². The molecule has 2 fully saturated rings. The van der Waals surface area contributed by atoms with E-state index in [2.05, 4.69) is 14.4 Å². The summed E-state index contributed by atoms with van der Waals surface area (Å²) in [5.41, 5.74) is 8.58. The van der Waals surface area contributed by atoms with Gasteiger partial charge in [-0.05, 0) is 0 Å². The Balaban J connectivity index is 1.82. The Morgan fingerprint density at radius 2 is 2.19 bits per heavy atom. The van der Waals surface area contributed by atoms with Crippen molar-refractivity contribution in [3.63, 3.8) is 0 Å². The van der Waals surface area contributed by atoms with Crippen molar-refractivity contribution in [3.05, 3.63) is 0 Å². The fourth-order valence-corrected chi connectivity index (χ4v) is 4.54. The van der Waals surface area contributed by atoms with Gasteiger partial charge in [0, 0.05) is 0 Å². The Morgan fingerprint density at radius 3 is 2.81 bits per heavy atom. The van der Waals surface area contributed by atoms with E-state index in [0.29, 0.717) is 12.0 Å². The number of hydrogen-bond acceptors (Lipinski definition) is 4. The van der Waals surface area contributed by atoms with Crippen molar-refractivity contribution in [2.75, 3.05) is 11.1 Å². The van der Waals surface area contributed by atoms with E-state index in [1.165, 1.54) is 19.3 Å². The Kier molecular flexibility index (Phi) is 4.80. The molecule has 5 nitrogen and oxygen atoms in total. The maximum atomic E-state index is 11.9. The van der Waals surface area contributed by atoms with Crippen LogP contribution in [0.5, 0.6) is 0 Å². The summed E-state index contributed by atoms with van der Waals surface area (Å²) in [7, 11) is 0. The van der Waals surface area contributed by atoms with Gasteiger partial charge in [0.2, 0.25) is 0 Å². The molecule has 1 saturated carbocycles. The van der Waals surface area contributed by atoms with Crippen molar-refractivity contribution in [1.82, 2.24) is 14.4 Å². The molecular formula is C10H21IN4O. The molecular weight excluding hydrogens is 319 g/mol. The number of nitrogens with one attached hydrogen (secondary N) is 3. The summed E-state index contributed by atoms with van der Waals surface area (Å²) < 4.78 is 4.23. The summed E-state index contributed by atoms with van der Waals surface area (Å²) in [6, 6.07) is 0.379. The minimum atomic E-state index is -1.52. The summed E-state index contributed by atoms with van der Waals surface area (Å²) in [5.74, 6) is 0.604. The van der Waals surface area contributed by atoms with Crippen molar-refractivity contribution >= 4 is 24.0 Å². The summed E-state index contributed by atoms with van der Waals surface area (Å²) >= 11 is -1.52. The van der Waals surface area contributed by atoms with Crippen LogP contribution in [0.25, 0.3) is 0 Å². The first-order valence-corrected chi connectivity index (χ1v) is 9.64. The number of halogens is 1. The minimum absolute atomic E-state index is 0.289. The Hall–Kier alpha value is 0.0800. The molecule has 94 valence electrons. The third-order valence-electron chi connectivity index (χ3n) is 3.33. The Bertz CT molecular complexity index is 245. The van der Waals surface area contributed by atoms with Crippen molar-refractivity contribution in [2.45, 2.75) is 38.1 Å². The number of hydrogen-bond donors (Lipinski definition) is 4. The zero-order valence-electron chi connectivity index (χ0n) is 9.47. The molecule has 1 aliphatic heterocycles. The van der Waals surface area contributed by atoms with Gasteiger partial charge in [-0.3, -0.25) is 0 Å². The summed E-state index contributed by atoms with van der Waals surface area (Å²) in [5, 5.41) is 3.23. The van der Waals surface area contributed by atoms with Crippen LogP contribution in [0, 0.1) is 5.92 Å². The normalized spacial score (nSPS) is 31.9. The van der Waals surface area contributed by atoms with Crippen LogP contribution in [-0.4, -0.2) is 21.1 Å². The Morgan fingerprint density at radius 1 is 1.44 bits per heavy atom. The van der Waals surface area contributed by atoms with E-state index in [9.17, 15) is 4.79 Å². The topological polar surface area (TPSA) is 79.2 Å². The molecule has 6 heteroatoms. The van der Waals surface area contributed by atoms with Gasteiger partial charge in [0.15, 0.2) is 0 Å². The number of nitrogens with two attached hydrogens (primary N) is 1. The Labute approximate surface area is 104 Å². The molecule has 0 aromatic heterocycles. The van der Waals surface area contributed by atoms with E-state index in [1.54, 1.807) is 0 Å². The molecule has 2 aliphatic rings. The maximum absolute atomic E-state index is 11.9. The van der Waals surface area contributed by atoms with Gasteiger partial charge in [-0.15, -0.1) is 0 Å². The second-order valence-corrected chi connectivity index (χ2v) is 8.76. The molecule has 1 saturated heterocycles. The molecule has 1 aliphatic carbocycles.